The van der Waals surface area contributed by atoms with E-state index in [9.17, 15) is 29.1 Å². The summed E-state index contributed by atoms with van der Waals surface area (Å²) < 4.78 is 5.96. The number of hydrazine groups is 1. The van der Waals surface area contributed by atoms with Crippen LogP contribution in [0.1, 0.15) is 93.3 Å². The minimum Gasteiger partial charge on any atom is -0.434 e. The molecule has 14 heteroatoms. The summed E-state index contributed by atoms with van der Waals surface area (Å²) in [6, 6.07) is 16.1. The molecule has 4 N–H and O–H groups in total. The summed E-state index contributed by atoms with van der Waals surface area (Å²) in [5.74, 6) is -1.21. The molecule has 1 saturated carbocycles. The molecule has 3 unspecified atom stereocenters. The second-order valence-electron chi connectivity index (χ2n) is 15.7. The van der Waals surface area contributed by atoms with Crippen LogP contribution in [-0.2, 0) is 32.0 Å². The van der Waals surface area contributed by atoms with Gasteiger partial charge in [0.1, 0.15) is 6.04 Å². The topological polar surface area (TPSA) is 177 Å². The van der Waals surface area contributed by atoms with Crippen LogP contribution in [0.4, 0.5) is 4.79 Å². The summed E-state index contributed by atoms with van der Waals surface area (Å²) in [4.78, 5) is 77.2. The summed E-state index contributed by atoms with van der Waals surface area (Å²) >= 11 is 0. The fourth-order valence-electron chi connectivity index (χ4n) is 7.65. The number of aromatic amines is 1. The molecule has 2 aromatic carbocycles. The van der Waals surface area contributed by atoms with Crippen molar-refractivity contribution in [3.63, 3.8) is 0 Å². The number of imidazole rings is 1. The maximum atomic E-state index is 14.6. The lowest BCUT2D eigenvalue weighted by molar-refractivity contribution is -0.149. The monoisotopic (exact) mass is 785 g/mol. The number of hydrogen-bond acceptors (Lipinski definition) is 8. The number of H-pyrrole nitrogens is 1. The van der Waals surface area contributed by atoms with E-state index < -0.39 is 54.0 Å². The van der Waals surface area contributed by atoms with Crippen LogP contribution in [0.3, 0.4) is 0 Å². The first kappa shape index (κ1) is 42.9. The van der Waals surface area contributed by atoms with Crippen LogP contribution in [0, 0.1) is 11.8 Å². The van der Waals surface area contributed by atoms with Crippen molar-refractivity contribution in [3.8, 4) is 0 Å². The SMILES string of the molecule is CC(C)CCC(O)C(CC1CCCCC1)NC(=O)[C@H](Cc1c[nH]cn1)N(C)C(=O)C(Cc1ccccc1)OC(=O)N1CCCN1C(=O)CNC(=O)c1ccccc1. The number of hydrogen-bond donors (Lipinski definition) is 4. The Bertz CT molecular complexity index is 1730. The van der Waals surface area contributed by atoms with Gasteiger partial charge in [0.15, 0.2) is 6.10 Å². The van der Waals surface area contributed by atoms with Crippen molar-refractivity contribution >= 4 is 29.7 Å². The van der Waals surface area contributed by atoms with Gasteiger partial charge in [-0.3, -0.25) is 19.2 Å². The number of rotatable bonds is 18. The van der Waals surface area contributed by atoms with E-state index in [4.69, 9.17) is 4.74 Å². The second-order valence-corrected chi connectivity index (χ2v) is 15.7. The van der Waals surface area contributed by atoms with E-state index >= 15 is 0 Å². The van der Waals surface area contributed by atoms with Crippen LogP contribution in [0.2, 0.25) is 0 Å². The second kappa shape index (κ2) is 21.3. The average molecular weight is 786 g/mol. The molecule has 308 valence electrons. The fraction of sp³-hybridized carbons (Fsp3) is 0.535. The zero-order chi connectivity index (χ0) is 40.7. The number of likely N-dealkylation sites (N-methyl/N-ethyl adjacent to an activating group) is 1. The molecule has 0 spiro atoms. The van der Waals surface area contributed by atoms with E-state index in [0.717, 1.165) is 42.7 Å². The summed E-state index contributed by atoms with van der Waals surface area (Å²) in [7, 11) is 1.51. The van der Waals surface area contributed by atoms with Crippen molar-refractivity contribution in [2.45, 2.75) is 109 Å². The third-order valence-electron chi connectivity index (χ3n) is 11.0. The Hall–Kier alpha value is -5.24. The largest absolute Gasteiger partial charge is 0.434 e. The molecule has 1 saturated heterocycles. The van der Waals surface area contributed by atoms with Crippen LogP contribution < -0.4 is 10.6 Å². The molecule has 2 aliphatic rings. The number of aromatic nitrogens is 2. The van der Waals surface area contributed by atoms with Gasteiger partial charge in [-0.15, -0.1) is 0 Å². The predicted octanol–water partition coefficient (Wildman–Crippen LogP) is 4.66. The molecule has 5 rings (SSSR count). The summed E-state index contributed by atoms with van der Waals surface area (Å²) in [6.45, 7) is 4.26. The molecule has 3 aromatic rings. The lowest BCUT2D eigenvalue weighted by Gasteiger charge is -2.35. The number of benzene rings is 2. The highest BCUT2D eigenvalue weighted by Gasteiger charge is 2.39. The third kappa shape index (κ3) is 12.6. The van der Waals surface area contributed by atoms with Crippen LogP contribution in [-0.4, -0.2) is 111 Å². The van der Waals surface area contributed by atoms with Gasteiger partial charge in [-0.25, -0.2) is 19.8 Å². The van der Waals surface area contributed by atoms with Crippen molar-refractivity contribution < 1.29 is 33.8 Å². The minimum absolute atomic E-state index is 0.0135. The van der Waals surface area contributed by atoms with Crippen molar-refractivity contribution in [2.24, 2.45) is 11.8 Å². The summed E-state index contributed by atoms with van der Waals surface area (Å²) in [5, 5.41) is 19.6. The zero-order valence-corrected chi connectivity index (χ0v) is 33.5. The molecule has 1 aromatic heterocycles. The first-order valence-electron chi connectivity index (χ1n) is 20.4. The molecule has 4 atom stereocenters. The maximum absolute atomic E-state index is 14.6. The van der Waals surface area contributed by atoms with E-state index in [0.29, 0.717) is 42.4 Å². The van der Waals surface area contributed by atoms with Gasteiger partial charge >= 0.3 is 6.09 Å². The van der Waals surface area contributed by atoms with Crippen LogP contribution in [0.5, 0.6) is 0 Å². The number of aliphatic hydroxyl groups excluding tert-OH is 1. The van der Waals surface area contributed by atoms with Gasteiger partial charge in [0.25, 0.3) is 17.7 Å². The maximum Gasteiger partial charge on any atom is 0.429 e. The summed E-state index contributed by atoms with van der Waals surface area (Å²) in [6.07, 6.45) is 8.26. The Morgan fingerprint density at radius 2 is 1.60 bits per heavy atom. The number of ether oxygens (including phenoxy) is 1. The summed E-state index contributed by atoms with van der Waals surface area (Å²) in [5.41, 5.74) is 1.68. The molecule has 57 heavy (non-hydrogen) atoms. The fourth-order valence-corrected chi connectivity index (χ4v) is 7.65. The minimum atomic E-state index is -1.36. The van der Waals surface area contributed by atoms with Gasteiger partial charge in [-0.1, -0.05) is 94.5 Å². The molecule has 1 aliphatic heterocycles. The van der Waals surface area contributed by atoms with Gasteiger partial charge in [-0.05, 0) is 55.2 Å². The van der Waals surface area contributed by atoms with E-state index in [-0.39, 0.29) is 32.5 Å². The van der Waals surface area contributed by atoms with E-state index in [2.05, 4.69) is 34.4 Å². The van der Waals surface area contributed by atoms with Crippen LogP contribution >= 0.6 is 0 Å². The van der Waals surface area contributed by atoms with E-state index in [1.807, 2.05) is 30.3 Å². The van der Waals surface area contributed by atoms with Gasteiger partial charge in [-0.2, -0.15) is 0 Å². The standard InChI is InChI=1S/C43H59N7O7/c1-30(2)20-21-37(51)35(24-31-14-7-4-8-15-31)47-41(54)36(26-34-27-44-29-46-34)48(3)42(55)38(25-32-16-9-5-10-17-32)57-43(56)50-23-13-22-49(50)39(52)28-45-40(53)33-18-11-6-12-19-33/h5-6,9-12,16-19,27,29-31,35-38,51H,4,7-8,13-15,20-26,28H2,1-3H3,(H,44,46)(H,45,53)(H,47,54)/t35?,36-,37?,38?/m0/s1. The van der Waals surface area contributed by atoms with Crippen molar-refractivity contribution in [1.29, 1.82) is 0 Å². The number of carbonyl (C=O) groups excluding carboxylic acids is 5. The molecule has 2 heterocycles. The van der Waals surface area contributed by atoms with E-state index in [1.165, 1.54) is 29.7 Å². The van der Waals surface area contributed by atoms with Crippen LogP contribution in [0.15, 0.2) is 73.2 Å². The van der Waals surface area contributed by atoms with Crippen molar-refractivity contribution in [1.82, 2.24) is 35.5 Å². The van der Waals surface area contributed by atoms with Gasteiger partial charge in [0.2, 0.25) is 5.91 Å². The highest BCUT2D eigenvalue weighted by atomic mass is 16.6. The molecular weight excluding hydrogens is 727 g/mol. The van der Waals surface area contributed by atoms with Gasteiger partial charge in [0, 0.05) is 44.7 Å². The molecule has 0 radical (unpaired) electrons. The Labute approximate surface area is 335 Å². The number of nitrogens with zero attached hydrogens (tertiary/aromatic N) is 4. The number of nitrogens with one attached hydrogen (secondary N) is 3. The van der Waals surface area contributed by atoms with Crippen molar-refractivity contribution in [3.05, 3.63) is 90.0 Å². The Morgan fingerprint density at radius 1 is 0.912 bits per heavy atom. The number of aliphatic hydroxyl groups is 1. The third-order valence-corrected chi connectivity index (χ3v) is 11.0. The first-order valence-corrected chi connectivity index (χ1v) is 20.4. The average Bonchev–Trinajstić information content (AvgIpc) is 3.94. The normalized spacial score (nSPS) is 16.7. The van der Waals surface area contributed by atoms with Crippen molar-refractivity contribution in [2.75, 3.05) is 26.7 Å². The quantitative estimate of drug-likeness (QED) is 0.144. The van der Waals surface area contributed by atoms with Gasteiger partial charge < -0.3 is 30.4 Å². The highest BCUT2D eigenvalue weighted by Crippen LogP contribution is 2.29. The zero-order valence-electron chi connectivity index (χ0n) is 33.5. The first-order chi connectivity index (χ1) is 27.5. The predicted molar refractivity (Wildman–Crippen MR) is 214 cm³/mol. The highest BCUT2D eigenvalue weighted by molar-refractivity contribution is 5.96. The Morgan fingerprint density at radius 3 is 2.26 bits per heavy atom. The van der Waals surface area contributed by atoms with E-state index in [1.54, 1.807) is 36.5 Å². The Kier molecular flexibility index (Phi) is 16.1. The van der Waals surface area contributed by atoms with Crippen LogP contribution in [0.25, 0.3) is 0 Å². The smallest absolute Gasteiger partial charge is 0.429 e. The van der Waals surface area contributed by atoms with Gasteiger partial charge in [0.05, 0.1) is 30.7 Å². The lowest BCUT2D eigenvalue weighted by Crippen LogP contribution is -2.56. The lowest BCUT2D eigenvalue weighted by atomic mass is 9.83. The molecular formula is C43H59N7O7. The Balaban J connectivity index is 1.33. The molecule has 0 bridgehead atoms. The number of amides is 5. The molecule has 2 fully saturated rings. The number of carbonyl (C=O) groups is 5. The molecule has 5 amide bonds. The molecule has 1 aliphatic carbocycles. The molecule has 14 nitrogen and oxygen atoms in total.